The van der Waals surface area contributed by atoms with E-state index in [4.69, 9.17) is 4.74 Å². The number of benzene rings is 1. The zero-order valence-corrected chi connectivity index (χ0v) is 18.6. The van der Waals surface area contributed by atoms with Crippen LogP contribution in [0.15, 0.2) is 18.2 Å². The lowest BCUT2D eigenvalue weighted by Gasteiger charge is -2.31. The standard InChI is InChI=1S/C22H37NO3S/c1-6-8-9-18(7-2)17-26-21-11-10-19(16-20(21)22(3,4)5)23-12-14-27(24,25)15-13-23/h10-11,16,18H,6-9,12-15,17H2,1-5H3. The first-order valence-electron chi connectivity index (χ1n) is 10.4. The number of sulfone groups is 1. The van der Waals surface area contributed by atoms with Crippen LogP contribution in [0.25, 0.3) is 0 Å². The molecule has 0 saturated carbocycles. The van der Waals surface area contributed by atoms with E-state index in [2.05, 4.69) is 57.7 Å². The highest BCUT2D eigenvalue weighted by Gasteiger charge is 2.25. The van der Waals surface area contributed by atoms with Crippen LogP contribution in [0.3, 0.4) is 0 Å². The normalized spacial score (nSPS) is 18.3. The van der Waals surface area contributed by atoms with Gasteiger partial charge in [-0.2, -0.15) is 0 Å². The number of nitrogens with zero attached hydrogens (tertiary/aromatic N) is 1. The van der Waals surface area contributed by atoms with Crippen molar-refractivity contribution < 1.29 is 13.2 Å². The molecule has 1 fully saturated rings. The number of anilines is 1. The van der Waals surface area contributed by atoms with E-state index in [1.54, 1.807) is 0 Å². The van der Waals surface area contributed by atoms with Gasteiger partial charge >= 0.3 is 0 Å². The summed E-state index contributed by atoms with van der Waals surface area (Å²) in [6.45, 7) is 13.0. The highest BCUT2D eigenvalue weighted by molar-refractivity contribution is 7.91. The predicted molar refractivity (Wildman–Crippen MR) is 115 cm³/mol. The summed E-state index contributed by atoms with van der Waals surface area (Å²) in [5, 5.41) is 0. The number of ether oxygens (including phenoxy) is 1. The van der Waals surface area contributed by atoms with Crippen molar-refractivity contribution in [2.45, 2.75) is 65.7 Å². The van der Waals surface area contributed by atoms with Crippen LogP contribution in [0.5, 0.6) is 5.75 Å². The molecule has 0 spiro atoms. The minimum absolute atomic E-state index is 0.0294. The lowest BCUT2D eigenvalue weighted by molar-refractivity contribution is 0.229. The third-order valence-corrected chi connectivity index (χ3v) is 7.11. The molecule has 0 radical (unpaired) electrons. The molecule has 1 aromatic carbocycles. The van der Waals surface area contributed by atoms with Gasteiger partial charge in [-0.15, -0.1) is 0 Å². The average molecular weight is 396 g/mol. The van der Waals surface area contributed by atoms with Gasteiger partial charge in [0, 0.05) is 24.3 Å². The quantitative estimate of drug-likeness (QED) is 0.633. The molecule has 1 aromatic rings. The summed E-state index contributed by atoms with van der Waals surface area (Å²) < 4.78 is 29.7. The smallest absolute Gasteiger partial charge is 0.153 e. The Morgan fingerprint density at radius 3 is 2.37 bits per heavy atom. The molecular formula is C22H37NO3S. The van der Waals surface area contributed by atoms with E-state index < -0.39 is 9.84 Å². The fourth-order valence-corrected chi connectivity index (χ4v) is 4.70. The van der Waals surface area contributed by atoms with Crippen LogP contribution in [0, 0.1) is 5.92 Å². The number of hydrogen-bond acceptors (Lipinski definition) is 4. The Morgan fingerprint density at radius 1 is 1.15 bits per heavy atom. The maximum atomic E-state index is 11.7. The number of rotatable bonds is 8. The second kappa shape index (κ2) is 9.31. The number of unbranched alkanes of at least 4 members (excludes halogenated alkanes) is 1. The van der Waals surface area contributed by atoms with Gasteiger partial charge in [-0.05, 0) is 36.0 Å². The monoisotopic (exact) mass is 395 g/mol. The van der Waals surface area contributed by atoms with E-state index in [0.717, 1.165) is 24.5 Å². The molecule has 154 valence electrons. The Hall–Kier alpha value is -1.23. The first-order chi connectivity index (χ1) is 12.7. The minimum atomic E-state index is -2.87. The molecule has 0 amide bonds. The molecular weight excluding hydrogens is 358 g/mol. The van der Waals surface area contributed by atoms with Crippen LogP contribution in [0.1, 0.15) is 65.9 Å². The van der Waals surface area contributed by atoms with Gasteiger partial charge in [-0.25, -0.2) is 8.42 Å². The van der Waals surface area contributed by atoms with Gasteiger partial charge in [0.2, 0.25) is 0 Å². The summed E-state index contributed by atoms with van der Waals surface area (Å²) >= 11 is 0. The third-order valence-electron chi connectivity index (χ3n) is 5.50. The van der Waals surface area contributed by atoms with Crippen molar-refractivity contribution in [3.63, 3.8) is 0 Å². The highest BCUT2D eigenvalue weighted by atomic mass is 32.2. The van der Waals surface area contributed by atoms with E-state index >= 15 is 0 Å². The molecule has 1 aliphatic heterocycles. The predicted octanol–water partition coefficient (Wildman–Crippen LogP) is 4.81. The fraction of sp³-hybridized carbons (Fsp3) is 0.727. The minimum Gasteiger partial charge on any atom is -0.493 e. The van der Waals surface area contributed by atoms with Crippen LogP contribution >= 0.6 is 0 Å². The van der Waals surface area contributed by atoms with Crippen LogP contribution < -0.4 is 9.64 Å². The Labute approximate surface area is 166 Å². The van der Waals surface area contributed by atoms with Gasteiger partial charge in [0.05, 0.1) is 18.1 Å². The largest absolute Gasteiger partial charge is 0.493 e. The second-order valence-electron chi connectivity index (χ2n) is 8.80. The van der Waals surface area contributed by atoms with Crippen molar-refractivity contribution >= 4 is 15.5 Å². The van der Waals surface area contributed by atoms with Gasteiger partial charge in [0.15, 0.2) is 9.84 Å². The van der Waals surface area contributed by atoms with E-state index in [0.29, 0.717) is 19.0 Å². The summed E-state index contributed by atoms with van der Waals surface area (Å²) in [7, 11) is -2.87. The first kappa shape index (κ1) is 22.1. The molecule has 4 nitrogen and oxygen atoms in total. The van der Waals surface area contributed by atoms with Gasteiger partial charge in [0.25, 0.3) is 0 Å². The summed E-state index contributed by atoms with van der Waals surface area (Å²) in [5.74, 6) is 2.05. The van der Waals surface area contributed by atoms with Gasteiger partial charge in [0.1, 0.15) is 5.75 Å². The summed E-state index contributed by atoms with van der Waals surface area (Å²) in [6.07, 6.45) is 4.85. The molecule has 0 bridgehead atoms. The van der Waals surface area contributed by atoms with Crippen molar-refractivity contribution in [1.29, 1.82) is 0 Å². The number of hydrogen-bond donors (Lipinski definition) is 0. The van der Waals surface area contributed by atoms with Crippen molar-refractivity contribution in [2.75, 3.05) is 36.1 Å². The zero-order chi connectivity index (χ0) is 20.1. The summed E-state index contributed by atoms with van der Waals surface area (Å²) in [4.78, 5) is 2.18. The Kier molecular flexibility index (Phi) is 7.61. The van der Waals surface area contributed by atoms with Gasteiger partial charge in [-0.1, -0.05) is 53.9 Å². The molecule has 0 aromatic heterocycles. The molecule has 1 aliphatic rings. The maximum Gasteiger partial charge on any atom is 0.153 e. The Bertz CT molecular complexity index is 693. The van der Waals surface area contributed by atoms with Crippen LogP contribution in [0.2, 0.25) is 0 Å². The summed E-state index contributed by atoms with van der Waals surface area (Å²) in [6, 6.07) is 6.35. The van der Waals surface area contributed by atoms with Gasteiger partial charge < -0.3 is 9.64 Å². The lowest BCUT2D eigenvalue weighted by atomic mass is 9.86. The highest BCUT2D eigenvalue weighted by Crippen LogP contribution is 2.35. The van der Waals surface area contributed by atoms with Crippen LogP contribution in [-0.4, -0.2) is 39.6 Å². The molecule has 0 N–H and O–H groups in total. The molecule has 1 atom stereocenters. The maximum absolute atomic E-state index is 11.7. The molecule has 1 saturated heterocycles. The van der Waals surface area contributed by atoms with Crippen molar-refractivity contribution in [3.05, 3.63) is 23.8 Å². The SMILES string of the molecule is CCCCC(CC)COc1ccc(N2CCS(=O)(=O)CC2)cc1C(C)(C)C. The molecule has 1 unspecified atom stereocenters. The van der Waals surface area contributed by atoms with Crippen LogP contribution in [-0.2, 0) is 15.3 Å². The zero-order valence-electron chi connectivity index (χ0n) is 17.8. The Balaban J connectivity index is 2.16. The lowest BCUT2D eigenvalue weighted by Crippen LogP contribution is -2.40. The van der Waals surface area contributed by atoms with Crippen molar-refractivity contribution in [3.8, 4) is 5.75 Å². The van der Waals surface area contributed by atoms with Gasteiger partial charge in [-0.3, -0.25) is 0 Å². The first-order valence-corrected chi connectivity index (χ1v) is 12.2. The van der Waals surface area contributed by atoms with E-state index in [9.17, 15) is 8.42 Å². The van der Waals surface area contributed by atoms with Crippen LogP contribution in [0.4, 0.5) is 5.69 Å². The molecule has 27 heavy (non-hydrogen) atoms. The summed E-state index contributed by atoms with van der Waals surface area (Å²) in [5.41, 5.74) is 2.26. The van der Waals surface area contributed by atoms with Crippen molar-refractivity contribution in [2.24, 2.45) is 5.92 Å². The molecule has 1 heterocycles. The topological polar surface area (TPSA) is 46.6 Å². The van der Waals surface area contributed by atoms with E-state index in [1.165, 1.54) is 24.8 Å². The van der Waals surface area contributed by atoms with Crippen molar-refractivity contribution in [1.82, 2.24) is 0 Å². The Morgan fingerprint density at radius 2 is 1.81 bits per heavy atom. The molecule has 0 aliphatic carbocycles. The second-order valence-corrected chi connectivity index (χ2v) is 11.1. The third kappa shape index (κ3) is 6.41. The molecule has 5 heteroatoms. The fourth-order valence-electron chi connectivity index (χ4n) is 3.50. The van der Waals surface area contributed by atoms with E-state index in [1.807, 2.05) is 0 Å². The average Bonchev–Trinajstić information content (AvgIpc) is 2.61. The molecule has 2 rings (SSSR count). The van der Waals surface area contributed by atoms with E-state index in [-0.39, 0.29) is 16.9 Å².